The summed E-state index contributed by atoms with van der Waals surface area (Å²) in [6.45, 7) is 0. The maximum atomic E-state index is 11.1. The number of nitrogens with one attached hydrogen (secondary N) is 1. The molecular formula is C13H9NO2. The van der Waals surface area contributed by atoms with Gasteiger partial charge in [0.25, 0.3) is 0 Å². The van der Waals surface area contributed by atoms with E-state index in [1.165, 1.54) is 0 Å². The molecule has 0 radical (unpaired) electrons. The van der Waals surface area contributed by atoms with Crippen LogP contribution < -0.4 is 0 Å². The summed E-state index contributed by atoms with van der Waals surface area (Å²) in [7, 11) is 0. The molecule has 1 aliphatic heterocycles. The molecule has 2 aliphatic rings. The summed E-state index contributed by atoms with van der Waals surface area (Å²) in [5.74, 6) is -0.929. The van der Waals surface area contributed by atoms with Crippen LogP contribution >= 0.6 is 0 Å². The van der Waals surface area contributed by atoms with Crippen molar-refractivity contribution in [2.45, 2.75) is 0 Å². The first-order valence-electron chi connectivity index (χ1n) is 5.00. The van der Waals surface area contributed by atoms with Gasteiger partial charge in [-0.1, -0.05) is 36.4 Å². The molecule has 1 aromatic carbocycles. The number of para-hydroxylation sites is 1. The Morgan fingerprint density at radius 3 is 2.56 bits per heavy atom. The zero-order valence-corrected chi connectivity index (χ0v) is 8.40. The average molecular weight is 211 g/mol. The lowest BCUT2D eigenvalue weighted by Gasteiger charge is -2.09. The molecule has 3 rings (SSSR count). The second kappa shape index (κ2) is 3.10. The minimum atomic E-state index is -0.929. The Hall–Kier alpha value is -2.29. The standard InChI is InChI=1S/C13H9NO2/c15-13(16)12-10-6-3-5-8(10)9-4-1-2-7-11(9)14-12/h1-7,14H,(H,15,16). The van der Waals surface area contributed by atoms with Gasteiger partial charge >= 0.3 is 5.97 Å². The molecule has 0 spiro atoms. The van der Waals surface area contributed by atoms with Gasteiger partial charge in [0.1, 0.15) is 5.69 Å². The number of carboxylic acids is 1. The molecule has 3 heteroatoms. The number of rotatable bonds is 1. The Kier molecular flexibility index (Phi) is 1.74. The van der Waals surface area contributed by atoms with Crippen LogP contribution in [0.5, 0.6) is 0 Å². The van der Waals surface area contributed by atoms with Gasteiger partial charge in [-0.25, -0.2) is 4.79 Å². The molecule has 0 amide bonds. The van der Waals surface area contributed by atoms with Crippen LogP contribution in [0.25, 0.3) is 22.0 Å². The predicted octanol–water partition coefficient (Wildman–Crippen LogP) is 2.97. The van der Waals surface area contributed by atoms with Gasteiger partial charge in [0, 0.05) is 16.5 Å². The molecule has 0 unspecified atom stereocenters. The third kappa shape index (κ3) is 1.11. The van der Waals surface area contributed by atoms with Crippen molar-refractivity contribution in [1.82, 2.24) is 4.98 Å². The molecule has 0 bridgehead atoms. The number of aromatic amines is 1. The Bertz CT molecular complexity index is 654. The van der Waals surface area contributed by atoms with Crippen LogP contribution in [0.15, 0.2) is 42.5 Å². The van der Waals surface area contributed by atoms with E-state index in [9.17, 15) is 4.79 Å². The highest BCUT2D eigenvalue weighted by molar-refractivity contribution is 6.04. The molecule has 78 valence electrons. The number of carboxylic acid groups (broad SMARTS) is 1. The largest absolute Gasteiger partial charge is 0.477 e. The maximum absolute atomic E-state index is 11.1. The van der Waals surface area contributed by atoms with Gasteiger partial charge in [0.15, 0.2) is 0 Å². The van der Waals surface area contributed by atoms with E-state index in [2.05, 4.69) is 4.98 Å². The fourth-order valence-corrected chi connectivity index (χ4v) is 2.07. The second-order valence-corrected chi connectivity index (χ2v) is 3.70. The average Bonchev–Trinajstić information content (AvgIpc) is 2.76. The van der Waals surface area contributed by atoms with Crippen LogP contribution in [-0.2, 0) is 0 Å². The molecular weight excluding hydrogens is 202 g/mol. The van der Waals surface area contributed by atoms with Gasteiger partial charge in [-0.05, 0) is 11.6 Å². The van der Waals surface area contributed by atoms with E-state index in [4.69, 9.17) is 5.11 Å². The van der Waals surface area contributed by atoms with Crippen LogP contribution in [0.4, 0.5) is 0 Å². The van der Waals surface area contributed by atoms with Crippen molar-refractivity contribution < 1.29 is 9.90 Å². The van der Waals surface area contributed by atoms with Crippen molar-refractivity contribution in [3.05, 3.63) is 48.2 Å². The van der Waals surface area contributed by atoms with Crippen LogP contribution in [0, 0.1) is 0 Å². The van der Waals surface area contributed by atoms with Gasteiger partial charge in [0.05, 0.1) is 0 Å². The van der Waals surface area contributed by atoms with Crippen LogP contribution in [0.1, 0.15) is 10.5 Å². The molecule has 1 aromatic rings. The summed E-state index contributed by atoms with van der Waals surface area (Å²) in [5, 5.41) is 10.2. The third-order valence-electron chi connectivity index (χ3n) is 2.78. The maximum Gasteiger partial charge on any atom is 0.352 e. The van der Waals surface area contributed by atoms with Gasteiger partial charge in [0.2, 0.25) is 0 Å². The number of carbonyl (C=O) groups is 1. The number of hydrogen-bond acceptors (Lipinski definition) is 1. The van der Waals surface area contributed by atoms with E-state index in [0.717, 1.165) is 22.0 Å². The van der Waals surface area contributed by atoms with E-state index in [1.54, 1.807) is 0 Å². The first kappa shape index (κ1) is 8.97. The van der Waals surface area contributed by atoms with E-state index >= 15 is 0 Å². The zero-order chi connectivity index (χ0) is 11.1. The molecule has 16 heavy (non-hydrogen) atoms. The second-order valence-electron chi connectivity index (χ2n) is 3.70. The van der Waals surface area contributed by atoms with Crippen molar-refractivity contribution >= 4 is 16.9 Å². The summed E-state index contributed by atoms with van der Waals surface area (Å²) >= 11 is 0. The fraction of sp³-hybridized carbons (Fsp3) is 0. The summed E-state index contributed by atoms with van der Waals surface area (Å²) in [5.41, 5.74) is 2.83. The number of benzene rings is 1. The van der Waals surface area contributed by atoms with Crippen molar-refractivity contribution in [3.63, 3.8) is 0 Å². The molecule has 0 saturated carbocycles. The zero-order valence-electron chi connectivity index (χ0n) is 8.40. The van der Waals surface area contributed by atoms with E-state index in [0.29, 0.717) is 0 Å². The predicted molar refractivity (Wildman–Crippen MR) is 61.9 cm³/mol. The molecule has 0 atom stereocenters. The quantitative estimate of drug-likeness (QED) is 0.650. The molecule has 0 fully saturated rings. The first-order chi connectivity index (χ1) is 7.77. The Balaban J connectivity index is 2.51. The highest BCUT2D eigenvalue weighted by Crippen LogP contribution is 2.32. The lowest BCUT2D eigenvalue weighted by atomic mass is 10.0. The van der Waals surface area contributed by atoms with Gasteiger partial charge in [-0.3, -0.25) is 0 Å². The smallest absolute Gasteiger partial charge is 0.352 e. The summed E-state index contributed by atoms with van der Waals surface area (Å²) in [4.78, 5) is 14.1. The number of H-pyrrole nitrogens is 1. The van der Waals surface area contributed by atoms with Crippen LogP contribution in [0.2, 0.25) is 0 Å². The monoisotopic (exact) mass is 211 g/mol. The van der Waals surface area contributed by atoms with E-state index in [-0.39, 0.29) is 5.69 Å². The van der Waals surface area contributed by atoms with Crippen molar-refractivity contribution in [2.75, 3.05) is 0 Å². The number of pyridine rings is 1. The van der Waals surface area contributed by atoms with Gasteiger partial charge in [-0.2, -0.15) is 0 Å². The van der Waals surface area contributed by atoms with Crippen molar-refractivity contribution in [3.8, 4) is 11.1 Å². The SMILES string of the molecule is O=C(O)c1[nH]c2ccccc2c2cccc1-2. The molecule has 3 nitrogen and oxygen atoms in total. The summed E-state index contributed by atoms with van der Waals surface area (Å²) in [6.07, 6.45) is 0. The van der Waals surface area contributed by atoms with E-state index in [1.807, 2.05) is 42.5 Å². The highest BCUT2D eigenvalue weighted by atomic mass is 16.4. The lowest BCUT2D eigenvalue weighted by Crippen LogP contribution is -2.03. The van der Waals surface area contributed by atoms with Crippen molar-refractivity contribution in [2.24, 2.45) is 0 Å². The van der Waals surface area contributed by atoms with Crippen LogP contribution in [-0.4, -0.2) is 16.1 Å². The number of aromatic nitrogens is 1. The first-order valence-corrected chi connectivity index (χ1v) is 5.00. The minimum absolute atomic E-state index is 0.249. The Morgan fingerprint density at radius 2 is 1.75 bits per heavy atom. The summed E-state index contributed by atoms with van der Waals surface area (Å²) in [6, 6.07) is 13.3. The lowest BCUT2D eigenvalue weighted by molar-refractivity contribution is 0.0692. The Morgan fingerprint density at radius 1 is 1.00 bits per heavy atom. The van der Waals surface area contributed by atoms with Crippen LogP contribution in [0.3, 0.4) is 0 Å². The minimum Gasteiger partial charge on any atom is -0.477 e. The number of aromatic carboxylic acids is 1. The summed E-state index contributed by atoms with van der Waals surface area (Å²) < 4.78 is 0. The molecule has 2 N–H and O–H groups in total. The molecule has 1 heterocycles. The van der Waals surface area contributed by atoms with E-state index < -0.39 is 5.97 Å². The number of fused-ring (bicyclic) bond motifs is 3. The normalized spacial score (nSPS) is 11.0. The highest BCUT2D eigenvalue weighted by Gasteiger charge is 2.17. The molecule has 0 aromatic heterocycles. The Labute approximate surface area is 91.7 Å². The topological polar surface area (TPSA) is 53.1 Å². The van der Waals surface area contributed by atoms with Gasteiger partial charge in [-0.15, -0.1) is 0 Å². The molecule has 1 aliphatic carbocycles. The number of hydrogen-bond donors (Lipinski definition) is 2. The van der Waals surface area contributed by atoms with Crippen molar-refractivity contribution in [1.29, 1.82) is 0 Å². The fourth-order valence-electron chi connectivity index (χ4n) is 2.07. The van der Waals surface area contributed by atoms with Gasteiger partial charge < -0.3 is 10.1 Å². The molecule has 0 saturated heterocycles. The third-order valence-corrected chi connectivity index (χ3v) is 2.78.